The molecule has 1 aliphatic rings. The number of hydrogen-bond acceptors (Lipinski definition) is 4. The Kier molecular flexibility index (Phi) is 6.44. The Bertz CT molecular complexity index is 304. The van der Waals surface area contributed by atoms with E-state index in [2.05, 4.69) is 17.3 Å². The second-order valence-electron chi connectivity index (χ2n) is 4.92. The molecule has 0 spiro atoms. The van der Waals surface area contributed by atoms with Crippen molar-refractivity contribution >= 4 is 9.84 Å². The summed E-state index contributed by atoms with van der Waals surface area (Å²) >= 11 is 0. The quantitative estimate of drug-likeness (QED) is 0.692. The molecule has 0 amide bonds. The van der Waals surface area contributed by atoms with Gasteiger partial charge in [-0.15, -0.1) is 0 Å². The fraction of sp³-hybridized carbons (Fsp3) is 1.00. The third kappa shape index (κ3) is 5.84. The van der Waals surface area contributed by atoms with Crippen LogP contribution in [0.4, 0.5) is 0 Å². The van der Waals surface area contributed by atoms with E-state index in [9.17, 15) is 8.42 Å². The summed E-state index contributed by atoms with van der Waals surface area (Å²) in [6, 6.07) is 0.631. The van der Waals surface area contributed by atoms with Gasteiger partial charge in [0.25, 0.3) is 0 Å². The standard InChI is InChI=1S/C12H26N2O2S/c1-3-17(15,16)10-6-8-13-11-12-7-4-5-9-14(12)2/h12-13H,3-11H2,1-2H3. The zero-order valence-electron chi connectivity index (χ0n) is 11.1. The molecule has 0 aromatic carbocycles. The second-order valence-corrected chi connectivity index (χ2v) is 7.40. The lowest BCUT2D eigenvalue weighted by atomic mass is 10.0. The molecule has 0 saturated carbocycles. The van der Waals surface area contributed by atoms with Crippen molar-refractivity contribution in [3.05, 3.63) is 0 Å². The minimum Gasteiger partial charge on any atom is -0.315 e. The maximum Gasteiger partial charge on any atom is 0.150 e. The lowest BCUT2D eigenvalue weighted by Gasteiger charge is -2.32. The molecule has 1 rings (SSSR count). The third-order valence-corrected chi connectivity index (χ3v) is 5.34. The van der Waals surface area contributed by atoms with Gasteiger partial charge in [0.05, 0.1) is 5.75 Å². The molecule has 102 valence electrons. The first-order chi connectivity index (χ1) is 8.05. The predicted molar refractivity (Wildman–Crippen MR) is 72.1 cm³/mol. The molecular formula is C12H26N2O2S. The Labute approximate surface area is 106 Å². The molecule has 0 aromatic heterocycles. The van der Waals surface area contributed by atoms with Crippen molar-refractivity contribution in [2.24, 2.45) is 0 Å². The molecule has 1 fully saturated rings. The van der Waals surface area contributed by atoms with Crippen LogP contribution < -0.4 is 5.32 Å². The van der Waals surface area contributed by atoms with Gasteiger partial charge in [0.1, 0.15) is 9.84 Å². The van der Waals surface area contributed by atoms with Crippen LogP contribution in [-0.2, 0) is 9.84 Å². The van der Waals surface area contributed by atoms with E-state index < -0.39 is 9.84 Å². The number of likely N-dealkylation sites (N-methyl/N-ethyl adjacent to an activating group) is 1. The number of rotatable bonds is 7. The maximum atomic E-state index is 11.3. The molecule has 1 aliphatic heterocycles. The van der Waals surface area contributed by atoms with Crippen LogP contribution in [-0.4, -0.2) is 57.5 Å². The lowest BCUT2D eigenvalue weighted by Crippen LogP contribution is -2.43. The molecule has 1 heterocycles. The number of nitrogens with zero attached hydrogens (tertiary/aromatic N) is 1. The van der Waals surface area contributed by atoms with Gasteiger partial charge in [0, 0.05) is 18.3 Å². The molecule has 4 nitrogen and oxygen atoms in total. The number of piperidine rings is 1. The first-order valence-corrected chi connectivity index (χ1v) is 8.48. The predicted octanol–water partition coefficient (Wildman–Crippen LogP) is 0.885. The van der Waals surface area contributed by atoms with E-state index >= 15 is 0 Å². The van der Waals surface area contributed by atoms with Gasteiger partial charge >= 0.3 is 0 Å². The van der Waals surface area contributed by atoms with Crippen molar-refractivity contribution in [1.82, 2.24) is 10.2 Å². The smallest absolute Gasteiger partial charge is 0.150 e. The summed E-state index contributed by atoms with van der Waals surface area (Å²) in [5.74, 6) is 0.579. The van der Waals surface area contributed by atoms with Gasteiger partial charge in [0.15, 0.2) is 0 Å². The van der Waals surface area contributed by atoms with Gasteiger partial charge < -0.3 is 10.2 Å². The Morgan fingerprint density at radius 2 is 2.12 bits per heavy atom. The molecule has 0 bridgehead atoms. The molecule has 1 unspecified atom stereocenters. The molecular weight excluding hydrogens is 236 g/mol. The van der Waals surface area contributed by atoms with Gasteiger partial charge in [-0.25, -0.2) is 8.42 Å². The van der Waals surface area contributed by atoms with Gasteiger partial charge in [0.2, 0.25) is 0 Å². The number of sulfone groups is 1. The van der Waals surface area contributed by atoms with Crippen molar-refractivity contribution < 1.29 is 8.42 Å². The number of likely N-dealkylation sites (tertiary alicyclic amines) is 1. The summed E-state index contributed by atoms with van der Waals surface area (Å²) in [5.41, 5.74) is 0. The minimum absolute atomic E-state index is 0.262. The van der Waals surface area contributed by atoms with Gasteiger partial charge in [-0.2, -0.15) is 0 Å². The maximum absolute atomic E-state index is 11.3. The minimum atomic E-state index is -2.79. The summed E-state index contributed by atoms with van der Waals surface area (Å²) in [6.07, 6.45) is 4.62. The van der Waals surface area contributed by atoms with E-state index in [0.29, 0.717) is 11.8 Å². The topological polar surface area (TPSA) is 49.4 Å². The lowest BCUT2D eigenvalue weighted by molar-refractivity contribution is 0.182. The summed E-state index contributed by atoms with van der Waals surface area (Å²) < 4.78 is 22.6. The summed E-state index contributed by atoms with van der Waals surface area (Å²) in [7, 11) is -0.612. The SMILES string of the molecule is CCS(=O)(=O)CCCNCC1CCCCN1C. The highest BCUT2D eigenvalue weighted by atomic mass is 32.2. The molecule has 5 heteroatoms. The van der Waals surface area contributed by atoms with E-state index in [4.69, 9.17) is 0 Å². The molecule has 17 heavy (non-hydrogen) atoms. The van der Waals surface area contributed by atoms with Crippen molar-refractivity contribution in [2.45, 2.75) is 38.6 Å². The first kappa shape index (κ1) is 14.9. The Balaban J connectivity index is 2.08. The normalized spacial score (nSPS) is 22.8. The van der Waals surface area contributed by atoms with Crippen molar-refractivity contribution in [3.8, 4) is 0 Å². The average molecular weight is 262 g/mol. The fourth-order valence-electron chi connectivity index (χ4n) is 2.23. The van der Waals surface area contributed by atoms with Crippen molar-refractivity contribution in [2.75, 3.05) is 38.2 Å². The van der Waals surface area contributed by atoms with Crippen LogP contribution in [0.1, 0.15) is 32.6 Å². The van der Waals surface area contributed by atoms with E-state index in [0.717, 1.165) is 19.5 Å². The van der Waals surface area contributed by atoms with Gasteiger partial charge in [-0.05, 0) is 39.4 Å². The van der Waals surface area contributed by atoms with Crippen molar-refractivity contribution in [3.63, 3.8) is 0 Å². The van der Waals surface area contributed by atoms with Crippen LogP contribution in [0.2, 0.25) is 0 Å². The Morgan fingerprint density at radius 3 is 2.76 bits per heavy atom. The molecule has 0 aliphatic carbocycles. The first-order valence-electron chi connectivity index (χ1n) is 6.66. The van der Waals surface area contributed by atoms with E-state index in [1.807, 2.05) is 0 Å². The monoisotopic (exact) mass is 262 g/mol. The highest BCUT2D eigenvalue weighted by molar-refractivity contribution is 7.91. The highest BCUT2D eigenvalue weighted by Gasteiger charge is 2.17. The molecule has 1 N–H and O–H groups in total. The van der Waals surface area contributed by atoms with Crippen LogP contribution in [0, 0.1) is 0 Å². The van der Waals surface area contributed by atoms with E-state index in [-0.39, 0.29) is 5.75 Å². The fourth-order valence-corrected chi connectivity index (χ4v) is 3.10. The highest BCUT2D eigenvalue weighted by Crippen LogP contribution is 2.13. The van der Waals surface area contributed by atoms with Gasteiger partial charge in [-0.1, -0.05) is 13.3 Å². The van der Waals surface area contributed by atoms with Crippen molar-refractivity contribution in [1.29, 1.82) is 0 Å². The average Bonchev–Trinajstić information content (AvgIpc) is 2.31. The van der Waals surface area contributed by atoms with E-state index in [1.165, 1.54) is 25.8 Å². The zero-order valence-corrected chi connectivity index (χ0v) is 11.9. The summed E-state index contributed by atoms with van der Waals surface area (Å²) in [6.45, 7) is 4.70. The van der Waals surface area contributed by atoms with Gasteiger partial charge in [-0.3, -0.25) is 0 Å². The zero-order chi connectivity index (χ0) is 12.7. The largest absolute Gasteiger partial charge is 0.315 e. The molecule has 0 aromatic rings. The molecule has 0 radical (unpaired) electrons. The van der Waals surface area contributed by atoms with Crippen LogP contribution in [0.3, 0.4) is 0 Å². The van der Waals surface area contributed by atoms with Crippen LogP contribution in [0.25, 0.3) is 0 Å². The second kappa shape index (κ2) is 7.34. The third-order valence-electron chi connectivity index (χ3n) is 3.55. The van der Waals surface area contributed by atoms with E-state index in [1.54, 1.807) is 6.92 Å². The summed E-state index contributed by atoms with van der Waals surface area (Å²) in [5, 5.41) is 3.38. The summed E-state index contributed by atoms with van der Waals surface area (Å²) in [4.78, 5) is 2.40. The number of hydrogen-bond donors (Lipinski definition) is 1. The Hall–Kier alpha value is -0.130. The molecule has 1 saturated heterocycles. The van der Waals surface area contributed by atoms with Crippen LogP contribution >= 0.6 is 0 Å². The van der Waals surface area contributed by atoms with Crippen LogP contribution in [0.5, 0.6) is 0 Å². The molecule has 1 atom stereocenters. The Morgan fingerprint density at radius 1 is 1.35 bits per heavy atom. The van der Waals surface area contributed by atoms with Crippen LogP contribution in [0.15, 0.2) is 0 Å². The number of nitrogens with one attached hydrogen (secondary N) is 1.